The van der Waals surface area contributed by atoms with E-state index in [9.17, 15) is 8.42 Å². The SMILES string of the molecule is Cc1cc(-c2ccc(OC(C)C)cc2)nc2c1c(C)nn2C1CCS(=O)(=O)C1. The van der Waals surface area contributed by atoms with Crippen LogP contribution < -0.4 is 4.74 Å². The Kier molecular flexibility index (Phi) is 4.65. The number of pyridine rings is 1. The molecule has 2 aromatic heterocycles. The molecule has 0 spiro atoms. The molecular formula is C21H25N3O3S. The molecule has 28 heavy (non-hydrogen) atoms. The Morgan fingerprint density at radius 2 is 1.89 bits per heavy atom. The Morgan fingerprint density at radius 1 is 1.18 bits per heavy atom. The van der Waals surface area contributed by atoms with Gasteiger partial charge in [0.15, 0.2) is 15.5 Å². The van der Waals surface area contributed by atoms with Crippen LogP contribution in [0.25, 0.3) is 22.3 Å². The molecule has 1 atom stereocenters. The summed E-state index contributed by atoms with van der Waals surface area (Å²) in [5, 5.41) is 5.66. The van der Waals surface area contributed by atoms with Crippen molar-refractivity contribution in [3.8, 4) is 17.0 Å². The van der Waals surface area contributed by atoms with E-state index in [1.165, 1.54) is 0 Å². The molecule has 0 amide bonds. The van der Waals surface area contributed by atoms with E-state index < -0.39 is 9.84 Å². The molecule has 1 aliphatic rings. The number of hydrogen-bond donors (Lipinski definition) is 0. The molecule has 0 aliphatic carbocycles. The first-order valence-electron chi connectivity index (χ1n) is 9.57. The molecule has 0 radical (unpaired) electrons. The van der Waals surface area contributed by atoms with Gasteiger partial charge in [0.25, 0.3) is 0 Å². The third kappa shape index (κ3) is 3.51. The minimum absolute atomic E-state index is 0.127. The summed E-state index contributed by atoms with van der Waals surface area (Å²) in [4.78, 5) is 4.87. The van der Waals surface area contributed by atoms with Crippen molar-refractivity contribution >= 4 is 20.9 Å². The summed E-state index contributed by atoms with van der Waals surface area (Å²) in [6, 6.07) is 9.80. The van der Waals surface area contributed by atoms with Gasteiger partial charge < -0.3 is 4.74 Å². The highest BCUT2D eigenvalue weighted by molar-refractivity contribution is 7.91. The van der Waals surface area contributed by atoms with Gasteiger partial charge in [-0.25, -0.2) is 18.1 Å². The Balaban J connectivity index is 1.78. The zero-order valence-electron chi connectivity index (χ0n) is 16.6. The highest BCUT2D eigenvalue weighted by Gasteiger charge is 2.31. The Labute approximate surface area is 165 Å². The van der Waals surface area contributed by atoms with Crippen LogP contribution in [0.3, 0.4) is 0 Å². The standard InChI is InChI=1S/C21H25N3O3S/c1-13(2)27-18-7-5-16(6-8-18)19-11-14(3)20-15(4)23-24(21(20)22-19)17-9-10-28(25,26)12-17/h5-8,11,13,17H,9-10,12H2,1-4H3. The highest BCUT2D eigenvalue weighted by atomic mass is 32.2. The monoisotopic (exact) mass is 399 g/mol. The summed E-state index contributed by atoms with van der Waals surface area (Å²) in [6.45, 7) is 8.00. The number of aromatic nitrogens is 3. The average molecular weight is 400 g/mol. The summed E-state index contributed by atoms with van der Waals surface area (Å²) in [5.74, 6) is 1.18. The fourth-order valence-corrected chi connectivity index (χ4v) is 5.57. The molecule has 1 unspecified atom stereocenters. The van der Waals surface area contributed by atoms with Crippen molar-refractivity contribution in [3.05, 3.63) is 41.6 Å². The third-order valence-corrected chi connectivity index (χ3v) is 6.86. The summed E-state index contributed by atoms with van der Waals surface area (Å²) >= 11 is 0. The second-order valence-corrected chi connectivity index (χ2v) is 10.0. The second-order valence-electron chi connectivity index (χ2n) is 7.80. The fraction of sp³-hybridized carbons (Fsp3) is 0.429. The third-order valence-electron chi connectivity index (χ3n) is 5.11. The number of benzene rings is 1. The Bertz CT molecular complexity index is 1130. The van der Waals surface area contributed by atoms with Crippen molar-refractivity contribution in [2.75, 3.05) is 11.5 Å². The number of sulfone groups is 1. The van der Waals surface area contributed by atoms with Gasteiger partial charge in [-0.2, -0.15) is 5.10 Å². The molecule has 6 nitrogen and oxygen atoms in total. The first-order chi connectivity index (χ1) is 13.2. The van der Waals surface area contributed by atoms with Gasteiger partial charge >= 0.3 is 0 Å². The molecule has 0 saturated carbocycles. The molecule has 148 valence electrons. The smallest absolute Gasteiger partial charge is 0.159 e. The number of fused-ring (bicyclic) bond motifs is 1. The lowest BCUT2D eigenvalue weighted by atomic mass is 10.1. The van der Waals surface area contributed by atoms with Crippen molar-refractivity contribution in [1.29, 1.82) is 0 Å². The minimum Gasteiger partial charge on any atom is -0.491 e. The summed E-state index contributed by atoms with van der Waals surface area (Å²) < 4.78 is 31.4. The van der Waals surface area contributed by atoms with Crippen LogP contribution in [0.1, 0.15) is 37.6 Å². The molecule has 7 heteroatoms. The molecule has 1 fully saturated rings. The van der Waals surface area contributed by atoms with E-state index in [-0.39, 0.29) is 23.7 Å². The van der Waals surface area contributed by atoms with Crippen LogP contribution in [0.15, 0.2) is 30.3 Å². The molecular weight excluding hydrogens is 374 g/mol. The fourth-order valence-electron chi connectivity index (χ4n) is 3.87. The van der Waals surface area contributed by atoms with E-state index in [0.29, 0.717) is 6.42 Å². The maximum absolute atomic E-state index is 11.9. The molecule has 3 aromatic rings. The van der Waals surface area contributed by atoms with Crippen molar-refractivity contribution in [3.63, 3.8) is 0 Å². The summed E-state index contributed by atoms with van der Waals surface area (Å²) in [7, 11) is -2.99. The van der Waals surface area contributed by atoms with Gasteiger partial charge in [0, 0.05) is 10.9 Å². The van der Waals surface area contributed by atoms with Crippen LogP contribution >= 0.6 is 0 Å². The second kappa shape index (κ2) is 6.88. The molecule has 1 saturated heterocycles. The maximum atomic E-state index is 11.9. The number of aryl methyl sites for hydroxylation is 2. The van der Waals surface area contributed by atoms with Gasteiger partial charge in [-0.1, -0.05) is 0 Å². The van der Waals surface area contributed by atoms with Crippen molar-refractivity contribution in [2.24, 2.45) is 0 Å². The molecule has 1 aliphatic heterocycles. The largest absolute Gasteiger partial charge is 0.491 e. The van der Waals surface area contributed by atoms with E-state index in [4.69, 9.17) is 9.72 Å². The lowest BCUT2D eigenvalue weighted by molar-refractivity contribution is 0.242. The predicted octanol–water partition coefficient (Wildman–Crippen LogP) is 3.86. The van der Waals surface area contributed by atoms with Crippen LogP contribution in [0.4, 0.5) is 0 Å². The van der Waals surface area contributed by atoms with Gasteiger partial charge in [-0.05, 0) is 70.0 Å². The number of ether oxygens (including phenoxy) is 1. The minimum atomic E-state index is -2.99. The lowest BCUT2D eigenvalue weighted by Gasteiger charge is -2.12. The number of nitrogens with zero attached hydrogens (tertiary/aromatic N) is 3. The van der Waals surface area contributed by atoms with Crippen LogP contribution in [0.2, 0.25) is 0 Å². The molecule has 0 bridgehead atoms. The quantitative estimate of drug-likeness (QED) is 0.666. The van der Waals surface area contributed by atoms with Crippen LogP contribution in [-0.2, 0) is 9.84 Å². The van der Waals surface area contributed by atoms with E-state index >= 15 is 0 Å². The van der Waals surface area contributed by atoms with E-state index in [0.717, 1.165) is 39.3 Å². The Hall–Kier alpha value is -2.41. The average Bonchev–Trinajstić information content (AvgIpc) is 3.14. The van der Waals surface area contributed by atoms with E-state index in [1.54, 1.807) is 0 Å². The zero-order valence-corrected chi connectivity index (χ0v) is 17.5. The van der Waals surface area contributed by atoms with Gasteiger partial charge in [-0.15, -0.1) is 0 Å². The van der Waals surface area contributed by atoms with Gasteiger partial charge in [-0.3, -0.25) is 0 Å². The summed E-state index contributed by atoms with van der Waals surface area (Å²) in [6.07, 6.45) is 0.715. The van der Waals surface area contributed by atoms with E-state index in [1.807, 2.05) is 56.6 Å². The first-order valence-corrected chi connectivity index (χ1v) is 11.4. The zero-order chi connectivity index (χ0) is 20.1. The van der Waals surface area contributed by atoms with Gasteiger partial charge in [0.2, 0.25) is 0 Å². The normalized spacial score (nSPS) is 18.8. The number of rotatable bonds is 4. The molecule has 1 aromatic carbocycles. The van der Waals surface area contributed by atoms with Crippen molar-refractivity contribution in [1.82, 2.24) is 14.8 Å². The van der Waals surface area contributed by atoms with Crippen LogP contribution in [0.5, 0.6) is 5.75 Å². The van der Waals surface area contributed by atoms with Crippen molar-refractivity contribution < 1.29 is 13.2 Å². The maximum Gasteiger partial charge on any atom is 0.159 e. The molecule has 0 N–H and O–H groups in total. The van der Waals surface area contributed by atoms with Crippen LogP contribution in [0, 0.1) is 13.8 Å². The Morgan fingerprint density at radius 3 is 2.50 bits per heavy atom. The number of hydrogen-bond acceptors (Lipinski definition) is 5. The highest BCUT2D eigenvalue weighted by Crippen LogP contribution is 2.32. The first kappa shape index (κ1) is 18.9. The van der Waals surface area contributed by atoms with Gasteiger partial charge in [0.05, 0.1) is 35.0 Å². The van der Waals surface area contributed by atoms with E-state index in [2.05, 4.69) is 11.2 Å². The predicted molar refractivity (Wildman–Crippen MR) is 111 cm³/mol. The van der Waals surface area contributed by atoms with Crippen LogP contribution in [-0.4, -0.2) is 40.8 Å². The lowest BCUT2D eigenvalue weighted by Crippen LogP contribution is -2.13. The molecule has 4 rings (SSSR count). The molecule has 3 heterocycles. The van der Waals surface area contributed by atoms with Gasteiger partial charge in [0.1, 0.15) is 5.75 Å². The summed E-state index contributed by atoms with van der Waals surface area (Å²) in [5.41, 5.74) is 4.58. The van der Waals surface area contributed by atoms with Crippen molar-refractivity contribution in [2.45, 2.75) is 46.3 Å². The topological polar surface area (TPSA) is 74.1 Å².